The molecule has 3 heteroatoms. The molecule has 0 N–H and O–H groups in total. The molecular formula is C8H11ClO2. The molecule has 0 unspecified atom stereocenters. The molecule has 1 fully saturated rings. The number of halogens is 1. The van der Waals surface area contributed by atoms with Crippen LogP contribution in [0.15, 0.2) is 24.8 Å². The fraction of sp³-hybridized carbons (Fsp3) is 0.375. The predicted molar refractivity (Wildman–Crippen MR) is 45.4 cm³/mol. The molecule has 2 nitrogen and oxygen atoms in total. The Balaban J connectivity index is 0.000000292. The topological polar surface area (TPSA) is 26.3 Å². The molecular weight excluding hydrogens is 164 g/mol. The quantitative estimate of drug-likeness (QED) is 0.474. The molecule has 0 aromatic heterocycles. The van der Waals surface area contributed by atoms with Gasteiger partial charge in [-0.05, 0) is 18.4 Å². The summed E-state index contributed by atoms with van der Waals surface area (Å²) < 4.78 is 4.75. The van der Waals surface area contributed by atoms with Crippen molar-refractivity contribution in [1.29, 1.82) is 0 Å². The Hall–Kier alpha value is -0.760. The number of rotatable bonds is 2. The summed E-state index contributed by atoms with van der Waals surface area (Å²) in [4.78, 5) is 10.3. The van der Waals surface area contributed by atoms with E-state index in [1.165, 1.54) is 11.6 Å². The second kappa shape index (κ2) is 5.98. The summed E-state index contributed by atoms with van der Waals surface area (Å²) in [5.41, 5.74) is 1.22. The van der Waals surface area contributed by atoms with Crippen LogP contribution in [-0.4, -0.2) is 12.1 Å². The van der Waals surface area contributed by atoms with Gasteiger partial charge in [0.2, 0.25) is 0 Å². The van der Waals surface area contributed by atoms with Gasteiger partial charge in [0, 0.05) is 6.08 Å². The van der Waals surface area contributed by atoms with Crippen molar-refractivity contribution in [2.45, 2.75) is 18.9 Å². The van der Waals surface area contributed by atoms with Gasteiger partial charge < -0.3 is 4.74 Å². The summed E-state index contributed by atoms with van der Waals surface area (Å²) in [6.07, 6.45) is 3.46. The van der Waals surface area contributed by atoms with Gasteiger partial charge in [0.15, 0.2) is 0 Å². The first-order valence-corrected chi connectivity index (χ1v) is 3.72. The van der Waals surface area contributed by atoms with Crippen LogP contribution in [0, 0.1) is 0 Å². The lowest BCUT2D eigenvalue weighted by Gasteiger charge is -1.93. The highest BCUT2D eigenvalue weighted by atomic mass is 35.5. The molecule has 0 heterocycles. The molecule has 0 spiro atoms. The van der Waals surface area contributed by atoms with Gasteiger partial charge in [-0.3, -0.25) is 0 Å². The van der Waals surface area contributed by atoms with Gasteiger partial charge in [-0.15, -0.1) is 0 Å². The van der Waals surface area contributed by atoms with Crippen LogP contribution in [0.1, 0.15) is 12.8 Å². The zero-order valence-corrected chi connectivity index (χ0v) is 7.01. The Morgan fingerprint density at radius 2 is 2.00 bits per heavy atom. The molecule has 0 atom stereocenters. The Morgan fingerprint density at radius 1 is 1.55 bits per heavy atom. The van der Waals surface area contributed by atoms with Crippen LogP contribution < -0.4 is 0 Å². The molecule has 0 saturated heterocycles. The smallest absolute Gasteiger partial charge is 0.330 e. The van der Waals surface area contributed by atoms with E-state index in [1.807, 2.05) is 0 Å². The first-order chi connectivity index (χ1) is 5.24. The molecule has 0 aromatic rings. The fourth-order valence-corrected chi connectivity index (χ4v) is 0.398. The van der Waals surface area contributed by atoms with Crippen molar-refractivity contribution < 1.29 is 9.53 Å². The molecule has 1 rings (SSSR count). The normalized spacial score (nSPS) is 13.9. The zero-order valence-electron chi connectivity index (χ0n) is 6.25. The molecule has 62 valence electrons. The van der Waals surface area contributed by atoms with Gasteiger partial charge >= 0.3 is 5.97 Å². The maximum absolute atomic E-state index is 10.3. The molecule has 1 aliphatic carbocycles. The van der Waals surface area contributed by atoms with Gasteiger partial charge in [0.25, 0.3) is 0 Å². The van der Waals surface area contributed by atoms with Crippen molar-refractivity contribution in [3.63, 3.8) is 0 Å². The molecule has 0 aliphatic heterocycles. The zero-order chi connectivity index (χ0) is 8.69. The maximum atomic E-state index is 10.3. The standard InChI is InChI=1S/C6H8O2.C2H3Cl/c1-2-6(7)8-5-3-4-5;1-2-3/h2,5H,1,3-4H2;2H,1H2. The lowest BCUT2D eigenvalue weighted by Crippen LogP contribution is -2.00. The molecule has 0 amide bonds. The summed E-state index contributed by atoms with van der Waals surface area (Å²) in [6, 6.07) is 0. The van der Waals surface area contributed by atoms with Gasteiger partial charge in [-0.2, -0.15) is 0 Å². The van der Waals surface area contributed by atoms with Crippen molar-refractivity contribution >= 4 is 17.6 Å². The van der Waals surface area contributed by atoms with E-state index < -0.39 is 0 Å². The van der Waals surface area contributed by atoms with E-state index in [4.69, 9.17) is 16.3 Å². The van der Waals surface area contributed by atoms with Crippen molar-refractivity contribution in [2.24, 2.45) is 0 Å². The summed E-state index contributed by atoms with van der Waals surface area (Å²) in [5.74, 6) is -0.299. The molecule has 11 heavy (non-hydrogen) atoms. The third-order valence-electron chi connectivity index (χ3n) is 0.974. The molecule has 0 radical (unpaired) electrons. The first kappa shape index (κ1) is 10.2. The summed E-state index contributed by atoms with van der Waals surface area (Å²) >= 11 is 4.76. The van der Waals surface area contributed by atoms with Gasteiger partial charge in [-0.1, -0.05) is 24.8 Å². The van der Waals surface area contributed by atoms with Gasteiger partial charge in [-0.25, -0.2) is 4.79 Å². The van der Waals surface area contributed by atoms with Crippen LogP contribution in [-0.2, 0) is 9.53 Å². The Bertz CT molecular complexity index is 150. The third kappa shape index (κ3) is 7.13. The minimum absolute atomic E-state index is 0.209. The molecule has 0 bridgehead atoms. The minimum atomic E-state index is -0.299. The van der Waals surface area contributed by atoms with Crippen LogP contribution in [0.5, 0.6) is 0 Å². The average molecular weight is 175 g/mol. The number of ether oxygens (including phenoxy) is 1. The highest BCUT2D eigenvalue weighted by molar-refractivity contribution is 6.25. The maximum Gasteiger partial charge on any atom is 0.330 e. The van der Waals surface area contributed by atoms with E-state index in [2.05, 4.69) is 13.2 Å². The third-order valence-corrected chi connectivity index (χ3v) is 0.974. The number of hydrogen-bond donors (Lipinski definition) is 0. The summed E-state index contributed by atoms with van der Waals surface area (Å²) in [5, 5.41) is 0. The summed E-state index contributed by atoms with van der Waals surface area (Å²) in [7, 11) is 0. The number of hydrogen-bond acceptors (Lipinski definition) is 2. The van der Waals surface area contributed by atoms with Crippen LogP contribution in [0.25, 0.3) is 0 Å². The van der Waals surface area contributed by atoms with Crippen molar-refractivity contribution in [2.75, 3.05) is 0 Å². The van der Waals surface area contributed by atoms with Crippen molar-refractivity contribution in [3.05, 3.63) is 24.8 Å². The SMILES string of the molecule is C=CC(=O)OC1CC1.C=CCl. The van der Waals surface area contributed by atoms with Gasteiger partial charge in [0.05, 0.1) is 0 Å². The van der Waals surface area contributed by atoms with Crippen LogP contribution in [0.3, 0.4) is 0 Å². The largest absolute Gasteiger partial charge is 0.459 e. The van der Waals surface area contributed by atoms with Crippen LogP contribution in [0.4, 0.5) is 0 Å². The number of carbonyl (C=O) groups excluding carboxylic acids is 1. The van der Waals surface area contributed by atoms with E-state index in [1.54, 1.807) is 0 Å². The van der Waals surface area contributed by atoms with Crippen molar-refractivity contribution in [3.8, 4) is 0 Å². The highest BCUT2D eigenvalue weighted by Gasteiger charge is 2.24. The fourth-order valence-electron chi connectivity index (χ4n) is 0.398. The van der Waals surface area contributed by atoms with Crippen LogP contribution in [0.2, 0.25) is 0 Å². The Morgan fingerprint density at radius 3 is 2.27 bits per heavy atom. The second-order valence-corrected chi connectivity index (χ2v) is 2.30. The Labute approximate surface area is 71.5 Å². The van der Waals surface area contributed by atoms with Crippen LogP contribution >= 0.6 is 11.6 Å². The predicted octanol–water partition coefficient (Wildman–Crippen LogP) is 2.25. The highest BCUT2D eigenvalue weighted by Crippen LogP contribution is 2.23. The monoisotopic (exact) mass is 174 g/mol. The lowest BCUT2D eigenvalue weighted by molar-refractivity contribution is -0.138. The van der Waals surface area contributed by atoms with E-state index in [0.717, 1.165) is 12.8 Å². The lowest BCUT2D eigenvalue weighted by atomic mass is 10.6. The second-order valence-electron chi connectivity index (χ2n) is 1.99. The number of carbonyl (C=O) groups is 1. The van der Waals surface area contributed by atoms with Crippen molar-refractivity contribution in [1.82, 2.24) is 0 Å². The van der Waals surface area contributed by atoms with Gasteiger partial charge in [0.1, 0.15) is 6.10 Å². The number of esters is 1. The Kier molecular flexibility index (Phi) is 5.57. The van der Waals surface area contributed by atoms with E-state index in [-0.39, 0.29) is 12.1 Å². The minimum Gasteiger partial charge on any atom is -0.459 e. The molecule has 0 aromatic carbocycles. The molecule has 1 aliphatic rings. The first-order valence-electron chi connectivity index (χ1n) is 3.28. The summed E-state index contributed by atoms with van der Waals surface area (Å²) in [6.45, 7) is 6.39. The average Bonchev–Trinajstić information content (AvgIpc) is 2.73. The molecule has 1 saturated carbocycles. The van der Waals surface area contributed by atoms with E-state index >= 15 is 0 Å². The van der Waals surface area contributed by atoms with E-state index in [0.29, 0.717) is 0 Å². The van der Waals surface area contributed by atoms with E-state index in [9.17, 15) is 4.79 Å².